The van der Waals surface area contributed by atoms with Crippen molar-refractivity contribution in [2.45, 2.75) is 84.3 Å². The Kier molecular flexibility index (Phi) is 14.2. The summed E-state index contributed by atoms with van der Waals surface area (Å²) >= 11 is 0. The highest BCUT2D eigenvalue weighted by Gasteiger charge is 2.24. The molecule has 6 heterocycles. The smallest absolute Gasteiger partial charge is 0.125 e. The van der Waals surface area contributed by atoms with E-state index in [0.717, 1.165) is 74.9 Å². The number of ether oxygens (including phenoxy) is 2. The van der Waals surface area contributed by atoms with Crippen LogP contribution in [0.25, 0.3) is 0 Å². The van der Waals surface area contributed by atoms with E-state index in [1.807, 2.05) is 55.0 Å². The second-order valence-corrected chi connectivity index (χ2v) is 17.0. The zero-order chi connectivity index (χ0) is 44.0. The minimum Gasteiger partial charge on any atom is -0.489 e. The molecule has 3 aliphatic heterocycles. The van der Waals surface area contributed by atoms with Gasteiger partial charge in [0, 0.05) is 66.4 Å². The number of aromatic nitrogens is 6. The van der Waals surface area contributed by atoms with Crippen LogP contribution in [0.4, 0.5) is 17.1 Å². The van der Waals surface area contributed by atoms with Gasteiger partial charge in [0.1, 0.15) is 24.7 Å². The molecule has 0 radical (unpaired) electrons. The van der Waals surface area contributed by atoms with E-state index in [0.29, 0.717) is 19.3 Å². The summed E-state index contributed by atoms with van der Waals surface area (Å²) in [6.07, 6.45) is 17.9. The van der Waals surface area contributed by atoms with Crippen LogP contribution in [0.15, 0.2) is 159 Å². The van der Waals surface area contributed by atoms with Crippen LogP contribution in [-0.2, 0) is 52.1 Å². The van der Waals surface area contributed by atoms with Crippen molar-refractivity contribution in [1.82, 2.24) is 29.9 Å². The molecule has 11 heteroatoms. The number of imidazole rings is 3. The molecular weight excluding hydrogens is 807 g/mol. The molecule has 1 atom stereocenters. The maximum atomic E-state index is 6.13. The minimum absolute atomic E-state index is 0.591. The average molecular weight is 866 g/mol. The van der Waals surface area contributed by atoms with Crippen LogP contribution in [0.3, 0.4) is 0 Å². The molecule has 0 saturated carbocycles. The molecule has 11 rings (SSSR count). The quantitative estimate of drug-likeness (QED) is 0.111. The van der Waals surface area contributed by atoms with Crippen molar-refractivity contribution in [2.75, 3.05) is 27.8 Å². The summed E-state index contributed by atoms with van der Waals surface area (Å²) in [5.41, 5.74) is 13.9. The highest BCUT2D eigenvalue weighted by Crippen LogP contribution is 2.36. The zero-order valence-corrected chi connectivity index (χ0v) is 37.3. The molecular formula is C54H59N9O2. The van der Waals surface area contributed by atoms with E-state index >= 15 is 0 Å². The lowest BCUT2D eigenvalue weighted by molar-refractivity contribution is 0.302. The molecule has 3 N–H and O–H groups in total. The lowest BCUT2D eigenvalue weighted by Crippen LogP contribution is -2.36. The van der Waals surface area contributed by atoms with Crippen LogP contribution >= 0.6 is 0 Å². The summed E-state index contributed by atoms with van der Waals surface area (Å²) in [7, 11) is 0. The Balaban J connectivity index is 0.000000125. The molecule has 0 fully saturated rings. The molecule has 1 unspecified atom stereocenters. The first-order valence-electron chi connectivity index (χ1n) is 23.0. The third-order valence-corrected chi connectivity index (χ3v) is 12.5. The van der Waals surface area contributed by atoms with Gasteiger partial charge in [0.15, 0.2) is 0 Å². The van der Waals surface area contributed by atoms with Crippen LogP contribution in [0.5, 0.6) is 11.5 Å². The molecule has 0 spiro atoms. The second-order valence-electron chi connectivity index (χ2n) is 17.0. The Bertz CT molecular complexity index is 2590. The van der Waals surface area contributed by atoms with Crippen LogP contribution < -0.4 is 24.2 Å². The minimum atomic E-state index is 0.591. The van der Waals surface area contributed by atoms with E-state index < -0.39 is 0 Å². The first-order chi connectivity index (χ1) is 32.1. The fraction of sp³-hybridized carbons (Fsp3) is 0.278. The second kappa shape index (κ2) is 21.4. The van der Waals surface area contributed by atoms with Gasteiger partial charge >= 0.3 is 0 Å². The fourth-order valence-electron chi connectivity index (χ4n) is 9.04. The SMILES string of the molecule is CC1CCc2ccccc2N1Cc1cnc[nH]1.c1ccc(COc2ccc3c(c2)N(Cc2cnc[nH]2)CCC3)cc1.c1ccc(COc2cccc3c2CCCN3Cc2cnc[nH]2)cc1. The maximum absolute atomic E-state index is 6.13. The number of hydrogen-bond acceptors (Lipinski definition) is 8. The number of anilines is 3. The number of rotatable bonds is 12. The number of nitrogens with one attached hydrogen (secondary N) is 3. The topological polar surface area (TPSA) is 114 Å². The van der Waals surface area contributed by atoms with Crippen LogP contribution in [0, 0.1) is 0 Å². The monoisotopic (exact) mass is 865 g/mol. The predicted octanol–water partition coefficient (Wildman–Crippen LogP) is 10.6. The van der Waals surface area contributed by atoms with Crippen molar-refractivity contribution in [2.24, 2.45) is 0 Å². The van der Waals surface area contributed by atoms with Gasteiger partial charge < -0.3 is 39.1 Å². The number of aromatic amines is 3. The van der Waals surface area contributed by atoms with E-state index in [9.17, 15) is 0 Å². The van der Waals surface area contributed by atoms with E-state index in [1.165, 1.54) is 69.8 Å². The Labute approximate surface area is 382 Å². The fourth-order valence-corrected chi connectivity index (χ4v) is 9.04. The van der Waals surface area contributed by atoms with Gasteiger partial charge in [0.2, 0.25) is 0 Å². The van der Waals surface area contributed by atoms with Gasteiger partial charge in [-0.25, -0.2) is 15.0 Å². The van der Waals surface area contributed by atoms with Gasteiger partial charge in [-0.2, -0.15) is 0 Å². The molecule has 11 nitrogen and oxygen atoms in total. The molecule has 0 amide bonds. The number of nitrogens with zero attached hydrogens (tertiary/aromatic N) is 6. The Hall–Kier alpha value is -7.27. The number of fused-ring (bicyclic) bond motifs is 3. The predicted molar refractivity (Wildman–Crippen MR) is 259 cm³/mol. The summed E-state index contributed by atoms with van der Waals surface area (Å²) in [4.78, 5) is 29.2. The van der Waals surface area contributed by atoms with Gasteiger partial charge in [-0.3, -0.25) is 0 Å². The summed E-state index contributed by atoms with van der Waals surface area (Å²) < 4.78 is 12.1. The van der Waals surface area contributed by atoms with Crippen molar-refractivity contribution >= 4 is 17.1 Å². The molecule has 0 aliphatic carbocycles. The van der Waals surface area contributed by atoms with E-state index in [-0.39, 0.29) is 0 Å². The van der Waals surface area contributed by atoms with E-state index in [4.69, 9.17) is 9.47 Å². The van der Waals surface area contributed by atoms with Gasteiger partial charge in [-0.05, 0) is 92.0 Å². The standard InChI is InChI=1S/2C20H21N3O.C14H17N3/c1-2-6-16(7-3-1)14-24-20-10-4-9-19-18(20)8-5-11-23(19)13-17-12-21-15-22-17;1-2-5-16(6-3-1)14-24-19-9-8-17-7-4-10-23(20(17)11-19)13-18-12-21-15-22-18;1-11-6-7-12-4-2-3-5-14(12)17(11)9-13-8-15-10-16-13/h1-4,6-7,9-10,12,15H,5,8,11,13-14H2,(H,21,22);1-3,5-6,8-9,11-12,15H,4,7,10,13-14H2,(H,21,22);2-5,8,10-11H,6-7,9H2,1H3,(H,15,16). The maximum Gasteiger partial charge on any atom is 0.125 e. The molecule has 0 saturated heterocycles. The van der Waals surface area contributed by atoms with Gasteiger partial charge in [-0.1, -0.05) is 91.0 Å². The van der Waals surface area contributed by atoms with Crippen molar-refractivity contribution in [3.63, 3.8) is 0 Å². The Morgan fingerprint density at radius 2 is 1.11 bits per heavy atom. The summed E-state index contributed by atoms with van der Waals surface area (Å²) in [5.74, 6) is 1.93. The number of H-pyrrole nitrogens is 3. The zero-order valence-electron chi connectivity index (χ0n) is 37.3. The normalized spacial score (nSPS) is 15.0. The van der Waals surface area contributed by atoms with E-state index in [2.05, 4.69) is 136 Å². The summed E-state index contributed by atoms with van der Waals surface area (Å²) in [6.45, 7) is 8.26. The first kappa shape index (κ1) is 43.0. The summed E-state index contributed by atoms with van der Waals surface area (Å²) in [5, 5.41) is 0. The van der Waals surface area contributed by atoms with Crippen molar-refractivity contribution in [3.8, 4) is 11.5 Å². The average Bonchev–Trinajstić information content (AvgIpc) is 4.19. The van der Waals surface area contributed by atoms with Crippen molar-refractivity contribution in [1.29, 1.82) is 0 Å². The largest absolute Gasteiger partial charge is 0.489 e. The molecule has 3 aromatic heterocycles. The molecule has 3 aliphatic rings. The van der Waals surface area contributed by atoms with Gasteiger partial charge in [0.25, 0.3) is 0 Å². The lowest BCUT2D eigenvalue weighted by atomic mass is 9.96. The van der Waals surface area contributed by atoms with Gasteiger partial charge in [-0.15, -0.1) is 0 Å². The highest BCUT2D eigenvalue weighted by atomic mass is 16.5. The van der Waals surface area contributed by atoms with Crippen LogP contribution in [0.1, 0.15) is 71.1 Å². The number of benzene rings is 5. The highest BCUT2D eigenvalue weighted by molar-refractivity contribution is 5.62. The lowest BCUT2D eigenvalue weighted by Gasteiger charge is -2.36. The Morgan fingerprint density at radius 3 is 1.77 bits per heavy atom. The van der Waals surface area contributed by atoms with Crippen LogP contribution in [-0.4, -0.2) is 49.0 Å². The van der Waals surface area contributed by atoms with Crippen molar-refractivity contribution in [3.05, 3.63) is 204 Å². The number of aryl methyl sites for hydroxylation is 2. The molecule has 65 heavy (non-hydrogen) atoms. The van der Waals surface area contributed by atoms with Gasteiger partial charge in [0.05, 0.1) is 55.7 Å². The Morgan fingerprint density at radius 1 is 0.538 bits per heavy atom. The van der Waals surface area contributed by atoms with E-state index in [1.54, 1.807) is 19.0 Å². The summed E-state index contributed by atoms with van der Waals surface area (Å²) in [6, 6.07) is 42.7. The molecule has 5 aromatic carbocycles. The first-order valence-corrected chi connectivity index (χ1v) is 23.0. The van der Waals surface area contributed by atoms with Crippen molar-refractivity contribution < 1.29 is 9.47 Å². The molecule has 0 bridgehead atoms. The number of hydrogen-bond donors (Lipinski definition) is 3. The van der Waals surface area contributed by atoms with Crippen LogP contribution in [0.2, 0.25) is 0 Å². The molecule has 332 valence electrons. The third kappa shape index (κ3) is 11.3. The third-order valence-electron chi connectivity index (χ3n) is 12.5. The molecule has 8 aromatic rings. The number of para-hydroxylation sites is 1.